The molecule has 1 N–H and O–H groups in total. The molecule has 98 valence electrons. The average molecular weight is 251 g/mol. The van der Waals surface area contributed by atoms with Crippen molar-refractivity contribution in [1.82, 2.24) is 4.90 Å². The Balaban J connectivity index is 3.13. The number of phenols is 1. The predicted molar refractivity (Wildman–Crippen MR) is 68.4 cm³/mol. The van der Waals surface area contributed by atoms with E-state index in [9.17, 15) is 9.90 Å². The minimum Gasteiger partial charge on any atom is -0.507 e. The lowest BCUT2D eigenvalue weighted by molar-refractivity contribution is 0.104. The highest BCUT2D eigenvalue weighted by molar-refractivity contribution is 6.06. The number of carbonyl (C=O) groups excluding carboxylic acids is 1. The number of phenolic OH excluding ortho intramolecular Hbond substituents is 1. The molecule has 0 bridgehead atoms. The molecule has 5 nitrogen and oxygen atoms in total. The molecule has 5 heteroatoms. The summed E-state index contributed by atoms with van der Waals surface area (Å²) in [6.45, 7) is 0. The van der Waals surface area contributed by atoms with Gasteiger partial charge in [-0.2, -0.15) is 0 Å². The maximum Gasteiger partial charge on any atom is 0.191 e. The van der Waals surface area contributed by atoms with Crippen molar-refractivity contribution in [1.29, 1.82) is 0 Å². The zero-order chi connectivity index (χ0) is 13.7. The standard InChI is InChI=1S/C13H17NO4/c1-14(2)6-5-10(15)9-7-12(17-3)13(18-4)8-11(9)16/h5-8,16H,1-4H3/b6-5+. The summed E-state index contributed by atoms with van der Waals surface area (Å²) in [4.78, 5) is 13.6. The molecular weight excluding hydrogens is 234 g/mol. The first-order chi connectivity index (χ1) is 8.49. The summed E-state index contributed by atoms with van der Waals surface area (Å²) in [5, 5.41) is 9.77. The smallest absolute Gasteiger partial charge is 0.191 e. The maximum atomic E-state index is 11.9. The summed E-state index contributed by atoms with van der Waals surface area (Å²) >= 11 is 0. The fraction of sp³-hybridized carbons (Fsp3) is 0.308. The van der Waals surface area contributed by atoms with Gasteiger partial charge in [0, 0.05) is 32.4 Å². The number of ether oxygens (including phenoxy) is 2. The van der Waals surface area contributed by atoms with Crippen molar-refractivity contribution < 1.29 is 19.4 Å². The summed E-state index contributed by atoms with van der Waals surface area (Å²) in [6.07, 6.45) is 2.99. The first-order valence-electron chi connectivity index (χ1n) is 5.33. The summed E-state index contributed by atoms with van der Waals surface area (Å²) in [5.74, 6) is 0.336. The van der Waals surface area contributed by atoms with Crippen molar-refractivity contribution in [2.24, 2.45) is 0 Å². The van der Waals surface area contributed by atoms with Crippen LogP contribution in [0.25, 0.3) is 0 Å². The van der Waals surface area contributed by atoms with Crippen LogP contribution in [0.2, 0.25) is 0 Å². The van der Waals surface area contributed by atoms with E-state index in [1.165, 1.54) is 32.4 Å². The number of benzene rings is 1. The minimum absolute atomic E-state index is 0.138. The van der Waals surface area contributed by atoms with E-state index in [2.05, 4.69) is 0 Å². The predicted octanol–water partition coefficient (Wildman–Crippen LogP) is 1.67. The van der Waals surface area contributed by atoms with Gasteiger partial charge in [-0.05, 0) is 6.07 Å². The molecule has 0 saturated carbocycles. The summed E-state index contributed by atoms with van der Waals surface area (Å²) in [5.41, 5.74) is 0.172. The first kappa shape index (κ1) is 13.9. The lowest BCUT2D eigenvalue weighted by Crippen LogP contribution is -2.04. The molecule has 18 heavy (non-hydrogen) atoms. The van der Waals surface area contributed by atoms with Crippen molar-refractivity contribution in [2.75, 3.05) is 28.3 Å². The Morgan fingerprint density at radius 1 is 1.22 bits per heavy atom. The molecular formula is C13H17NO4. The molecule has 0 spiro atoms. The number of allylic oxidation sites excluding steroid dienone is 1. The highest BCUT2D eigenvalue weighted by Gasteiger charge is 2.14. The van der Waals surface area contributed by atoms with E-state index >= 15 is 0 Å². The second-order valence-corrected chi connectivity index (χ2v) is 3.87. The van der Waals surface area contributed by atoms with Gasteiger partial charge in [0.15, 0.2) is 17.3 Å². The molecule has 0 saturated heterocycles. The van der Waals surface area contributed by atoms with Gasteiger partial charge in [0.1, 0.15) is 5.75 Å². The van der Waals surface area contributed by atoms with Gasteiger partial charge in [-0.25, -0.2) is 0 Å². The maximum absolute atomic E-state index is 11.9. The molecule has 0 aliphatic rings. The normalized spacial score (nSPS) is 10.4. The van der Waals surface area contributed by atoms with Crippen LogP contribution < -0.4 is 9.47 Å². The van der Waals surface area contributed by atoms with Crippen LogP contribution in [0.15, 0.2) is 24.4 Å². The molecule has 0 atom stereocenters. The number of carbonyl (C=O) groups is 1. The van der Waals surface area contributed by atoms with Crippen LogP contribution in [0.3, 0.4) is 0 Å². The van der Waals surface area contributed by atoms with E-state index in [0.717, 1.165) is 0 Å². The van der Waals surface area contributed by atoms with Crippen molar-refractivity contribution in [2.45, 2.75) is 0 Å². The highest BCUT2D eigenvalue weighted by atomic mass is 16.5. The Kier molecular flexibility index (Phi) is 4.59. The van der Waals surface area contributed by atoms with Gasteiger partial charge in [-0.15, -0.1) is 0 Å². The van der Waals surface area contributed by atoms with Gasteiger partial charge in [-0.1, -0.05) is 0 Å². The van der Waals surface area contributed by atoms with Gasteiger partial charge >= 0.3 is 0 Å². The van der Waals surface area contributed by atoms with E-state index in [1.807, 2.05) is 0 Å². The lowest BCUT2D eigenvalue weighted by Gasteiger charge is -2.10. The van der Waals surface area contributed by atoms with Crippen LogP contribution in [0.5, 0.6) is 17.2 Å². The molecule has 0 unspecified atom stereocenters. The molecule has 1 aromatic carbocycles. The van der Waals surface area contributed by atoms with E-state index in [0.29, 0.717) is 11.5 Å². The number of hydrogen-bond donors (Lipinski definition) is 1. The molecule has 0 aromatic heterocycles. The number of rotatable bonds is 5. The van der Waals surface area contributed by atoms with E-state index in [-0.39, 0.29) is 17.1 Å². The van der Waals surface area contributed by atoms with Crippen LogP contribution >= 0.6 is 0 Å². The Morgan fingerprint density at radius 3 is 2.28 bits per heavy atom. The molecule has 0 heterocycles. The largest absolute Gasteiger partial charge is 0.507 e. The zero-order valence-corrected chi connectivity index (χ0v) is 10.9. The van der Waals surface area contributed by atoms with Crippen molar-refractivity contribution in [3.63, 3.8) is 0 Å². The van der Waals surface area contributed by atoms with Gasteiger partial charge in [0.05, 0.1) is 19.8 Å². The topological polar surface area (TPSA) is 59.0 Å². The minimum atomic E-state index is -0.304. The quantitative estimate of drug-likeness (QED) is 0.637. The van der Waals surface area contributed by atoms with E-state index in [1.54, 1.807) is 25.2 Å². The lowest BCUT2D eigenvalue weighted by atomic mass is 10.1. The van der Waals surface area contributed by atoms with Gasteiger partial charge in [0.25, 0.3) is 0 Å². The van der Waals surface area contributed by atoms with Crippen molar-refractivity contribution in [3.05, 3.63) is 30.0 Å². The van der Waals surface area contributed by atoms with Gasteiger partial charge < -0.3 is 19.5 Å². The van der Waals surface area contributed by atoms with Gasteiger partial charge in [-0.3, -0.25) is 4.79 Å². The van der Waals surface area contributed by atoms with Crippen LogP contribution in [0.1, 0.15) is 10.4 Å². The Labute approximate surface area is 106 Å². The third kappa shape index (κ3) is 3.16. The molecule has 0 amide bonds. The van der Waals surface area contributed by atoms with Crippen LogP contribution in [-0.4, -0.2) is 44.1 Å². The SMILES string of the molecule is COc1cc(O)c(C(=O)/C=C/N(C)C)cc1OC. The summed E-state index contributed by atoms with van der Waals surface area (Å²) in [6, 6.07) is 2.81. The monoisotopic (exact) mass is 251 g/mol. The van der Waals surface area contributed by atoms with Gasteiger partial charge in [0.2, 0.25) is 0 Å². The highest BCUT2D eigenvalue weighted by Crippen LogP contribution is 2.34. The third-order valence-electron chi connectivity index (χ3n) is 2.29. The zero-order valence-electron chi connectivity index (χ0n) is 10.9. The number of aromatic hydroxyl groups is 1. The van der Waals surface area contributed by atoms with Crippen LogP contribution in [0.4, 0.5) is 0 Å². The summed E-state index contributed by atoms with van der Waals surface area (Å²) < 4.78 is 10.1. The third-order valence-corrected chi connectivity index (χ3v) is 2.29. The molecule has 1 aromatic rings. The molecule has 0 fully saturated rings. The fourth-order valence-corrected chi connectivity index (χ4v) is 1.37. The summed E-state index contributed by atoms with van der Waals surface area (Å²) in [7, 11) is 6.54. The van der Waals surface area contributed by atoms with Crippen molar-refractivity contribution in [3.8, 4) is 17.2 Å². The average Bonchev–Trinajstić information content (AvgIpc) is 2.35. The Hall–Kier alpha value is -2.17. The van der Waals surface area contributed by atoms with E-state index in [4.69, 9.17) is 9.47 Å². The number of methoxy groups -OCH3 is 2. The second kappa shape index (κ2) is 5.95. The van der Waals surface area contributed by atoms with Crippen LogP contribution in [0, 0.1) is 0 Å². The number of nitrogens with zero attached hydrogens (tertiary/aromatic N) is 1. The Bertz CT molecular complexity index is 466. The molecule has 0 aliphatic heterocycles. The Morgan fingerprint density at radius 2 is 1.78 bits per heavy atom. The molecule has 0 aliphatic carbocycles. The van der Waals surface area contributed by atoms with Crippen molar-refractivity contribution >= 4 is 5.78 Å². The van der Waals surface area contributed by atoms with E-state index < -0.39 is 0 Å². The number of hydrogen-bond acceptors (Lipinski definition) is 5. The molecule has 0 radical (unpaired) electrons. The fourth-order valence-electron chi connectivity index (χ4n) is 1.37. The first-order valence-corrected chi connectivity index (χ1v) is 5.33. The van der Waals surface area contributed by atoms with Crippen LogP contribution in [-0.2, 0) is 0 Å². The number of ketones is 1. The molecule has 1 rings (SSSR count). The second-order valence-electron chi connectivity index (χ2n) is 3.87.